The Bertz CT molecular complexity index is 62.2. The van der Waals surface area contributed by atoms with E-state index in [1.807, 2.05) is 0 Å². The fourth-order valence-corrected chi connectivity index (χ4v) is 0. The summed E-state index contributed by atoms with van der Waals surface area (Å²) in [6.45, 7) is 0. The molecule has 4 nitrogen and oxygen atoms in total. The molecule has 0 bridgehead atoms. The van der Waals surface area contributed by atoms with Crippen molar-refractivity contribution in [3.8, 4) is 0 Å². The third kappa shape index (κ3) is 91.4. The fraction of sp³-hybridized carbons (Fsp3) is 0. The number of hydrogen-bond donors (Lipinski definition) is 0. The summed E-state index contributed by atoms with van der Waals surface area (Å²) in [5, 5.41) is 0. The molecule has 0 unspecified atom stereocenters. The maximum absolute atomic E-state index is 8.55. The van der Waals surface area contributed by atoms with Gasteiger partial charge in [0, 0.05) is 18.6 Å². The molecule has 8 heteroatoms. The molecule has 0 rings (SSSR count). The molecule has 0 spiro atoms. The fourth-order valence-electron chi connectivity index (χ4n) is 0. The van der Waals surface area contributed by atoms with E-state index in [2.05, 4.69) is 0 Å². The van der Waals surface area contributed by atoms with Gasteiger partial charge in [-0.25, -0.2) is 0 Å². The van der Waals surface area contributed by atoms with Crippen molar-refractivity contribution >= 4 is 7.82 Å². The molecule has 0 aliphatic rings. The van der Waals surface area contributed by atoms with Crippen LogP contribution in [0, 0.1) is 0 Å². The molecular weight excluding hydrogens is 335 g/mol. The molecule has 0 aliphatic carbocycles. The summed E-state index contributed by atoms with van der Waals surface area (Å²) < 4.78 is 8.55. The second kappa shape index (κ2) is 9.12. The van der Waals surface area contributed by atoms with Gasteiger partial charge in [-0.1, -0.05) is 0 Å². The Balaban J connectivity index is -0.0000000267. The van der Waals surface area contributed by atoms with Gasteiger partial charge in [0.2, 0.25) is 0 Å². The van der Waals surface area contributed by atoms with Gasteiger partial charge in [0.1, 0.15) is 0 Å². The van der Waals surface area contributed by atoms with Crippen LogP contribution in [0.25, 0.3) is 0 Å². The molecule has 0 atom stereocenters. The molecule has 0 aliphatic heterocycles. The van der Waals surface area contributed by atoms with Crippen molar-refractivity contribution in [2.45, 2.75) is 0 Å². The Morgan fingerprint density at radius 2 is 1.12 bits per heavy atom. The van der Waals surface area contributed by atoms with E-state index >= 15 is 0 Å². The SMILES string of the molecule is O=P([O-])([O-])[O-].[Mo+4].[Nb+5].[V]. The van der Waals surface area contributed by atoms with Crippen LogP contribution in [0.5, 0.6) is 0 Å². The molecule has 0 aromatic heterocycles. The third-order valence-electron chi connectivity index (χ3n) is 0. The Morgan fingerprint density at radius 3 is 1.12 bits per heavy atom. The minimum Gasteiger partial charge on any atom is -0.822 e. The summed E-state index contributed by atoms with van der Waals surface area (Å²) in [6.07, 6.45) is 0. The molecule has 0 N–H and O–H groups in total. The Hall–Kier alpha value is 2.12. The molecule has 0 heterocycles. The van der Waals surface area contributed by atoms with Crippen LogP contribution in [0.4, 0.5) is 0 Å². The van der Waals surface area contributed by atoms with Gasteiger partial charge in [0.15, 0.2) is 0 Å². The molecule has 0 saturated heterocycles. The number of hydrogen-bond acceptors (Lipinski definition) is 4. The van der Waals surface area contributed by atoms with Crippen LogP contribution < -0.4 is 14.7 Å². The first kappa shape index (κ1) is 22.5. The smallest absolute Gasteiger partial charge is 0.822 e. The predicted octanol–water partition coefficient (Wildman–Crippen LogP) is -2.83. The van der Waals surface area contributed by atoms with Crippen LogP contribution in [0.1, 0.15) is 0 Å². The zero-order valence-electron chi connectivity index (χ0n) is 3.38. The van der Waals surface area contributed by atoms with Crippen molar-refractivity contribution in [1.82, 2.24) is 0 Å². The maximum Gasteiger partial charge on any atom is 5.00 e. The molecule has 0 saturated carbocycles. The monoisotopic (exact) mass is 337 g/mol. The minimum atomic E-state index is -5.39. The first-order valence-electron chi connectivity index (χ1n) is 0.730. The van der Waals surface area contributed by atoms with Crippen molar-refractivity contribution in [2.75, 3.05) is 0 Å². The second-order valence-corrected chi connectivity index (χ2v) is 1.34. The van der Waals surface area contributed by atoms with Crippen LogP contribution in [0.15, 0.2) is 0 Å². The van der Waals surface area contributed by atoms with E-state index in [0.29, 0.717) is 0 Å². The van der Waals surface area contributed by atoms with Crippen LogP contribution >= 0.6 is 7.82 Å². The van der Waals surface area contributed by atoms with Gasteiger partial charge in [-0.3, -0.25) is 0 Å². The van der Waals surface area contributed by atoms with Crippen LogP contribution in [-0.4, -0.2) is 0 Å². The van der Waals surface area contributed by atoms with Crippen molar-refractivity contribution in [3.63, 3.8) is 0 Å². The van der Waals surface area contributed by atoms with Crippen molar-refractivity contribution in [2.24, 2.45) is 0 Å². The molecule has 0 aromatic carbocycles. The van der Waals surface area contributed by atoms with Gasteiger partial charge in [-0.05, 0) is 0 Å². The van der Waals surface area contributed by atoms with Gasteiger partial charge in [-0.15, -0.1) is 0 Å². The summed E-state index contributed by atoms with van der Waals surface area (Å²) in [4.78, 5) is 25.6. The van der Waals surface area contributed by atoms with Crippen LogP contribution in [0.2, 0.25) is 0 Å². The van der Waals surface area contributed by atoms with E-state index < -0.39 is 7.82 Å². The normalized spacial score (nSPS) is 7.38. The van der Waals surface area contributed by atoms with E-state index in [1.54, 1.807) is 0 Å². The summed E-state index contributed by atoms with van der Waals surface area (Å²) >= 11 is 0. The van der Waals surface area contributed by atoms with E-state index in [1.165, 1.54) is 0 Å². The average molecular weight is 335 g/mol. The summed E-state index contributed by atoms with van der Waals surface area (Å²) in [5.41, 5.74) is 0. The minimum absolute atomic E-state index is 0. The van der Waals surface area contributed by atoms with Gasteiger partial charge < -0.3 is 19.2 Å². The Kier molecular flexibility index (Phi) is 25.6. The zero-order valence-corrected chi connectivity index (χ0v) is 9.88. The molecule has 39 valence electrons. The molecular formula is MoNbO4PV+6. The largest absolute Gasteiger partial charge is 5.00 e. The molecule has 0 fully saturated rings. The molecule has 8 heavy (non-hydrogen) atoms. The summed E-state index contributed by atoms with van der Waals surface area (Å²) in [5.74, 6) is 0. The quantitative estimate of drug-likeness (QED) is 0.353. The molecule has 0 amide bonds. The zero-order chi connectivity index (χ0) is 4.50. The van der Waals surface area contributed by atoms with Crippen molar-refractivity contribution < 1.29 is 81.2 Å². The average Bonchev–Trinajstić information content (AvgIpc) is 0.722. The van der Waals surface area contributed by atoms with Crippen LogP contribution in [-0.2, 0) is 66.6 Å². The van der Waals surface area contributed by atoms with Gasteiger partial charge in [0.05, 0.1) is 0 Å². The summed E-state index contributed by atoms with van der Waals surface area (Å²) in [7, 11) is -5.39. The van der Waals surface area contributed by atoms with Gasteiger partial charge in [-0.2, -0.15) is 7.82 Å². The van der Waals surface area contributed by atoms with Crippen LogP contribution in [0.3, 0.4) is 0 Å². The maximum atomic E-state index is 8.55. The van der Waals surface area contributed by atoms with E-state index in [0.717, 1.165) is 0 Å². The third-order valence-corrected chi connectivity index (χ3v) is 0. The molecule has 1 radical (unpaired) electrons. The van der Waals surface area contributed by atoms with Gasteiger partial charge in [0.25, 0.3) is 0 Å². The topological polar surface area (TPSA) is 86.2 Å². The first-order valence-corrected chi connectivity index (χ1v) is 2.19. The Labute approximate surface area is 88.3 Å². The number of phosphoric acid groups is 1. The Morgan fingerprint density at radius 1 is 1.12 bits per heavy atom. The van der Waals surface area contributed by atoms with Crippen molar-refractivity contribution in [3.05, 3.63) is 0 Å². The van der Waals surface area contributed by atoms with E-state index in [4.69, 9.17) is 19.2 Å². The standard InChI is InChI=1S/Mo.Nb.H3O4P.V/c;;1-5(2,3)4;/h;;(H3,1,2,3,4);/q+4;+5;;/p-3. The molecule has 0 aromatic rings. The van der Waals surface area contributed by atoms with E-state index in [9.17, 15) is 0 Å². The predicted molar refractivity (Wildman–Crippen MR) is 7.61 cm³/mol. The van der Waals surface area contributed by atoms with Gasteiger partial charge >= 0.3 is 43.4 Å². The second-order valence-electron chi connectivity index (χ2n) is 0.447. The number of rotatable bonds is 0. The van der Waals surface area contributed by atoms with Crippen molar-refractivity contribution in [1.29, 1.82) is 0 Å². The summed E-state index contributed by atoms with van der Waals surface area (Å²) in [6, 6.07) is 0. The first-order chi connectivity index (χ1) is 2.00. The van der Waals surface area contributed by atoms with E-state index in [-0.39, 0.29) is 62.0 Å².